The summed E-state index contributed by atoms with van der Waals surface area (Å²) in [5.41, 5.74) is 3.35. The lowest BCUT2D eigenvalue weighted by molar-refractivity contribution is -0.408. The Morgan fingerprint density at radius 2 is 1.63 bits per heavy atom. The number of carbonyl (C=O) groups excluding carboxylic acids is 3. The number of carboxylic acid groups (broad SMARTS) is 3. The van der Waals surface area contributed by atoms with Crippen LogP contribution in [0.25, 0.3) is 0 Å². The maximum atomic E-state index is 11.5. The van der Waals surface area contributed by atoms with E-state index in [0.717, 1.165) is 0 Å². The maximum absolute atomic E-state index is 11.5. The van der Waals surface area contributed by atoms with Crippen LogP contribution < -0.4 is 21.5 Å². The molecule has 2 amide bonds. The molecule has 7 N–H and O–H groups in total. The second-order valence-corrected chi connectivity index (χ2v) is 5.14. The van der Waals surface area contributed by atoms with Crippen molar-refractivity contribution >= 4 is 42.4 Å². The van der Waals surface area contributed by atoms with Gasteiger partial charge in [-0.1, -0.05) is 0 Å². The number of quaternary nitrogens is 1. The number of carbonyl (C=O) groups is 5. The zero-order valence-corrected chi connectivity index (χ0v) is 14.5. The van der Waals surface area contributed by atoms with E-state index < -0.39 is 54.5 Å². The molecule has 0 saturated carbocycles. The number of hydrogen-bond donors (Lipinski definition) is 6. The molecule has 11 nitrogen and oxygen atoms in total. The minimum absolute atomic E-state index is 0.00999. The highest BCUT2D eigenvalue weighted by Gasteiger charge is 2.28. The Balaban J connectivity index is 0. The van der Waals surface area contributed by atoms with Gasteiger partial charge in [-0.05, 0) is 0 Å². The molecule has 0 radical (unpaired) electrons. The fraction of sp³-hybridized carbons (Fsp3) is 0.583. The normalized spacial score (nSPS) is 12.6. The molecular formula is C12H18F3N3O8S. The van der Waals surface area contributed by atoms with E-state index in [0.29, 0.717) is 0 Å². The van der Waals surface area contributed by atoms with Gasteiger partial charge in [0.2, 0.25) is 11.8 Å². The van der Waals surface area contributed by atoms with E-state index in [1.807, 2.05) is 0 Å². The van der Waals surface area contributed by atoms with E-state index in [1.54, 1.807) is 0 Å². The molecule has 0 aromatic carbocycles. The molecule has 0 aromatic rings. The zero-order chi connectivity index (χ0) is 21.8. The van der Waals surface area contributed by atoms with E-state index >= 15 is 0 Å². The average Bonchev–Trinajstić information content (AvgIpc) is 2.54. The average molecular weight is 422 g/mol. The summed E-state index contributed by atoms with van der Waals surface area (Å²) in [4.78, 5) is 52.6. The molecule has 0 fully saturated rings. The molecular weight excluding hydrogens is 404 g/mol. The SMILES string of the molecule is O=C([O-])C(F)(F)F.[NH3+]C(CCC(=O)NC(CS)C(=O)NCC(=O)O)[13C](=O)O. The van der Waals surface area contributed by atoms with Crippen LogP contribution in [0, 0.1) is 0 Å². The van der Waals surface area contributed by atoms with E-state index in [-0.39, 0.29) is 18.6 Å². The summed E-state index contributed by atoms with van der Waals surface area (Å²) in [5.74, 6) is -6.52. The van der Waals surface area contributed by atoms with Gasteiger partial charge in [-0.2, -0.15) is 25.8 Å². The second-order valence-electron chi connectivity index (χ2n) is 4.77. The fourth-order valence-corrected chi connectivity index (χ4v) is 1.43. The Bertz CT molecular complexity index is 558. The lowest BCUT2D eigenvalue weighted by atomic mass is 10.2. The third-order valence-electron chi connectivity index (χ3n) is 2.55. The number of amides is 2. The number of aliphatic carboxylic acids is 3. The third-order valence-corrected chi connectivity index (χ3v) is 2.91. The molecule has 0 aliphatic carbocycles. The number of alkyl halides is 3. The van der Waals surface area contributed by atoms with Crippen LogP contribution in [0.15, 0.2) is 0 Å². The minimum Gasteiger partial charge on any atom is -0.542 e. The van der Waals surface area contributed by atoms with Crippen LogP contribution in [0.2, 0.25) is 0 Å². The summed E-state index contributed by atoms with van der Waals surface area (Å²) in [7, 11) is 0. The van der Waals surface area contributed by atoms with Crippen molar-refractivity contribution in [3.63, 3.8) is 0 Å². The lowest BCUT2D eigenvalue weighted by Gasteiger charge is -2.15. The van der Waals surface area contributed by atoms with E-state index in [2.05, 4.69) is 29.0 Å². The highest BCUT2D eigenvalue weighted by atomic mass is 32.1. The topological polar surface area (TPSA) is 201 Å². The number of carboxylic acids is 3. The van der Waals surface area contributed by atoms with Crippen molar-refractivity contribution < 1.29 is 58.2 Å². The summed E-state index contributed by atoms with van der Waals surface area (Å²) in [5, 5.41) is 30.3. The van der Waals surface area contributed by atoms with Crippen LogP contribution in [0.4, 0.5) is 13.2 Å². The van der Waals surface area contributed by atoms with Crippen LogP contribution in [0.3, 0.4) is 0 Å². The molecule has 0 heterocycles. The first-order chi connectivity index (χ1) is 12.2. The summed E-state index contributed by atoms with van der Waals surface area (Å²) < 4.78 is 31.5. The quantitative estimate of drug-likeness (QED) is 0.161. The van der Waals surface area contributed by atoms with Crippen LogP contribution in [-0.4, -0.2) is 70.5 Å². The van der Waals surface area contributed by atoms with E-state index in [1.165, 1.54) is 0 Å². The van der Waals surface area contributed by atoms with Gasteiger partial charge in [-0.15, -0.1) is 0 Å². The first-order valence-corrected chi connectivity index (χ1v) is 7.59. The number of halogens is 3. The minimum atomic E-state index is -5.19. The highest BCUT2D eigenvalue weighted by molar-refractivity contribution is 7.80. The van der Waals surface area contributed by atoms with Crippen molar-refractivity contribution in [2.24, 2.45) is 0 Å². The summed E-state index contributed by atoms with van der Waals surface area (Å²) in [6.07, 6.45) is -5.26. The molecule has 0 aliphatic heterocycles. The Morgan fingerprint density at radius 1 is 1.15 bits per heavy atom. The largest absolute Gasteiger partial charge is 0.542 e. The maximum Gasteiger partial charge on any atom is 0.430 e. The number of hydrogen-bond acceptors (Lipinski definition) is 7. The number of thiol groups is 1. The van der Waals surface area contributed by atoms with Crippen molar-refractivity contribution in [1.29, 1.82) is 0 Å². The van der Waals surface area contributed by atoms with Crippen LogP contribution in [0.5, 0.6) is 0 Å². The van der Waals surface area contributed by atoms with Crippen LogP contribution in [0.1, 0.15) is 12.8 Å². The molecule has 0 aromatic heterocycles. The van der Waals surface area contributed by atoms with Gasteiger partial charge in [0.15, 0.2) is 6.04 Å². The molecule has 0 rings (SSSR count). The van der Waals surface area contributed by atoms with Gasteiger partial charge in [-0.3, -0.25) is 14.4 Å². The Morgan fingerprint density at radius 3 is 1.96 bits per heavy atom. The molecule has 156 valence electrons. The van der Waals surface area contributed by atoms with Gasteiger partial charge in [0, 0.05) is 18.6 Å². The molecule has 27 heavy (non-hydrogen) atoms. The Hall–Kier alpha value is -2.55. The summed E-state index contributed by atoms with van der Waals surface area (Å²) in [6.45, 7) is -0.557. The summed E-state index contributed by atoms with van der Waals surface area (Å²) in [6, 6.07) is -1.88. The molecule has 0 aliphatic rings. The third kappa shape index (κ3) is 14.3. The fourth-order valence-electron chi connectivity index (χ4n) is 1.18. The number of nitrogens with one attached hydrogen (secondary N) is 2. The number of rotatable bonds is 9. The lowest BCUT2D eigenvalue weighted by Crippen LogP contribution is -2.65. The van der Waals surface area contributed by atoms with Crippen LogP contribution in [-0.2, 0) is 24.0 Å². The van der Waals surface area contributed by atoms with Gasteiger partial charge in [-0.25, -0.2) is 4.79 Å². The Labute approximate surface area is 155 Å². The second kappa shape index (κ2) is 12.7. The van der Waals surface area contributed by atoms with Crippen molar-refractivity contribution in [2.75, 3.05) is 12.3 Å². The standard InChI is InChI=1S/C10H17N3O6S.C2HF3O2/c11-5(10(18)19)1-2-7(14)13-6(4-20)9(17)12-3-8(15)16;3-2(4,5)1(6)7/h5-6,20H,1-4,11H2,(H,12,17)(H,13,14)(H,15,16)(H,18,19);(H,6,7)/i10+1;. The van der Waals surface area contributed by atoms with Crippen molar-refractivity contribution in [1.82, 2.24) is 10.6 Å². The van der Waals surface area contributed by atoms with Crippen molar-refractivity contribution in [3.8, 4) is 0 Å². The summed E-state index contributed by atoms with van der Waals surface area (Å²) >= 11 is 3.89. The Kier molecular flexibility index (Phi) is 12.6. The first-order valence-electron chi connectivity index (χ1n) is 6.96. The predicted octanol–water partition coefficient (Wildman–Crippen LogP) is -3.62. The van der Waals surface area contributed by atoms with Gasteiger partial charge in [0.25, 0.3) is 0 Å². The van der Waals surface area contributed by atoms with Gasteiger partial charge < -0.3 is 36.5 Å². The van der Waals surface area contributed by atoms with E-state index in [4.69, 9.17) is 20.1 Å². The molecule has 0 bridgehead atoms. The first kappa shape index (κ1) is 26.7. The van der Waals surface area contributed by atoms with Gasteiger partial charge in [0.1, 0.15) is 18.6 Å². The van der Waals surface area contributed by atoms with Gasteiger partial charge in [0.05, 0.1) is 0 Å². The molecule has 0 spiro atoms. The van der Waals surface area contributed by atoms with E-state index in [9.17, 15) is 32.3 Å². The molecule has 2 unspecified atom stereocenters. The highest BCUT2D eigenvalue weighted by Crippen LogP contribution is 2.11. The zero-order valence-electron chi connectivity index (χ0n) is 13.6. The monoisotopic (exact) mass is 422 g/mol. The van der Waals surface area contributed by atoms with Crippen molar-refractivity contribution in [3.05, 3.63) is 0 Å². The van der Waals surface area contributed by atoms with Crippen molar-refractivity contribution in [2.45, 2.75) is 31.1 Å². The molecule has 15 heteroatoms. The van der Waals surface area contributed by atoms with Crippen LogP contribution >= 0.6 is 12.6 Å². The molecule has 0 saturated heterocycles. The molecule has 2 atom stereocenters. The smallest absolute Gasteiger partial charge is 0.430 e. The predicted molar refractivity (Wildman–Crippen MR) is 81.0 cm³/mol. The van der Waals surface area contributed by atoms with Gasteiger partial charge >= 0.3 is 18.1 Å².